The van der Waals surface area contributed by atoms with Gasteiger partial charge in [0.2, 0.25) is 0 Å². The number of carbonyl (C=O) groups excluding carboxylic acids is 1. The summed E-state index contributed by atoms with van der Waals surface area (Å²) in [5.41, 5.74) is 5.66. The van der Waals surface area contributed by atoms with Crippen molar-refractivity contribution >= 4 is 11.9 Å². The highest BCUT2D eigenvalue weighted by molar-refractivity contribution is 5.84. The number of aryl methyl sites for hydroxylation is 3. The molecule has 3 rings (SSSR count). The van der Waals surface area contributed by atoms with Gasteiger partial charge in [0.05, 0.1) is 6.10 Å². The Bertz CT molecular complexity index is 1200. The minimum atomic E-state index is -0.975. The largest absolute Gasteiger partial charge is 0.484 e. The summed E-state index contributed by atoms with van der Waals surface area (Å²) in [4.78, 5) is 24.5. The van der Waals surface area contributed by atoms with E-state index in [-0.39, 0.29) is 29.5 Å². The molecule has 1 saturated carbocycles. The first-order valence-electron chi connectivity index (χ1n) is 15.9. The fourth-order valence-electron chi connectivity index (χ4n) is 6.55. The number of carboxylic acid groups (broad SMARTS) is 1. The number of aliphatic carboxylic acids is 1. The number of nitrogens with one attached hydrogen (secondary N) is 1. The highest BCUT2D eigenvalue weighted by Crippen LogP contribution is 2.41. The molecule has 1 aliphatic rings. The Morgan fingerprint density at radius 3 is 2.07 bits per heavy atom. The van der Waals surface area contributed by atoms with E-state index in [4.69, 9.17) is 4.74 Å². The molecular weight excluding hydrogens is 526 g/mol. The van der Waals surface area contributed by atoms with Gasteiger partial charge in [-0.25, -0.2) is 4.79 Å². The molecule has 6 heteroatoms. The maximum absolute atomic E-state index is 12.7. The fourth-order valence-corrected chi connectivity index (χ4v) is 6.55. The average Bonchev–Trinajstić information content (AvgIpc) is 2.95. The van der Waals surface area contributed by atoms with E-state index in [9.17, 15) is 19.8 Å². The van der Waals surface area contributed by atoms with Crippen LogP contribution >= 0.6 is 0 Å². The standard InChI is InChI=1S/C36H53NO5/c1-8-36(9-2,28-17-15-26(24(3)21-28)16-20-31(38)35(5,6)7)29-18-19-30(25(4)22-29)42-23-32(39)37-33(34(40)41)27-13-11-10-12-14-27/h15,17-19,21-22,27,31,33,38H,8-14,16,20,23H2,1-7H3,(H,37,39)(H,40,41)/t31?,33-/m0/s1. The third kappa shape index (κ3) is 8.15. The van der Waals surface area contributed by atoms with Crippen molar-refractivity contribution in [1.82, 2.24) is 5.32 Å². The summed E-state index contributed by atoms with van der Waals surface area (Å²) in [6.45, 7) is 14.6. The van der Waals surface area contributed by atoms with E-state index in [1.165, 1.54) is 22.3 Å². The van der Waals surface area contributed by atoms with Crippen molar-refractivity contribution in [2.24, 2.45) is 11.3 Å². The van der Waals surface area contributed by atoms with Gasteiger partial charge in [-0.05, 0) is 97.6 Å². The summed E-state index contributed by atoms with van der Waals surface area (Å²) in [5, 5.41) is 22.9. The second-order valence-corrected chi connectivity index (χ2v) is 13.4. The number of amides is 1. The Labute approximate surface area is 253 Å². The molecule has 0 saturated heterocycles. The Hall–Kier alpha value is -2.86. The SMILES string of the molecule is CCC(CC)(c1ccc(CCC(O)C(C)(C)C)c(C)c1)c1ccc(OCC(=O)N[C@H](C(=O)O)C2CCCCC2)c(C)c1. The molecule has 2 aromatic carbocycles. The Morgan fingerprint density at radius 1 is 0.952 bits per heavy atom. The van der Waals surface area contributed by atoms with Crippen LogP contribution in [0.4, 0.5) is 0 Å². The molecule has 0 heterocycles. The second-order valence-electron chi connectivity index (χ2n) is 13.4. The first-order chi connectivity index (χ1) is 19.8. The van der Waals surface area contributed by atoms with Gasteiger partial charge in [0.1, 0.15) is 11.8 Å². The van der Waals surface area contributed by atoms with Gasteiger partial charge < -0.3 is 20.3 Å². The number of hydrogen-bond acceptors (Lipinski definition) is 4. The van der Waals surface area contributed by atoms with Crippen molar-refractivity contribution in [2.45, 2.75) is 124 Å². The van der Waals surface area contributed by atoms with E-state index in [0.29, 0.717) is 5.75 Å². The number of aliphatic hydroxyl groups is 1. The molecular formula is C36H53NO5. The zero-order valence-corrected chi connectivity index (χ0v) is 26.9. The Kier molecular flexibility index (Phi) is 11.7. The zero-order chi connectivity index (χ0) is 31.1. The van der Waals surface area contributed by atoms with Crippen molar-refractivity contribution in [3.63, 3.8) is 0 Å². The summed E-state index contributed by atoms with van der Waals surface area (Å²) in [5.74, 6) is -0.774. The summed E-state index contributed by atoms with van der Waals surface area (Å²) in [6.07, 6.45) is 7.93. The topological polar surface area (TPSA) is 95.9 Å². The van der Waals surface area contributed by atoms with Crippen molar-refractivity contribution in [3.05, 3.63) is 64.2 Å². The number of rotatable bonds is 13. The van der Waals surface area contributed by atoms with Crippen molar-refractivity contribution in [1.29, 1.82) is 0 Å². The zero-order valence-electron chi connectivity index (χ0n) is 26.9. The van der Waals surface area contributed by atoms with Crippen LogP contribution in [0, 0.1) is 25.2 Å². The van der Waals surface area contributed by atoms with E-state index >= 15 is 0 Å². The van der Waals surface area contributed by atoms with Crippen LogP contribution in [0.15, 0.2) is 36.4 Å². The average molecular weight is 580 g/mol. The molecule has 1 fully saturated rings. The third-order valence-electron chi connectivity index (χ3n) is 9.58. The number of aliphatic hydroxyl groups excluding tert-OH is 1. The van der Waals surface area contributed by atoms with Gasteiger partial charge in [0, 0.05) is 5.41 Å². The van der Waals surface area contributed by atoms with E-state index < -0.39 is 17.9 Å². The maximum Gasteiger partial charge on any atom is 0.326 e. The van der Waals surface area contributed by atoms with Gasteiger partial charge in [-0.2, -0.15) is 0 Å². The second kappa shape index (κ2) is 14.5. The number of ether oxygens (including phenoxy) is 1. The Morgan fingerprint density at radius 2 is 1.55 bits per heavy atom. The molecule has 0 spiro atoms. The van der Waals surface area contributed by atoms with Gasteiger partial charge in [-0.15, -0.1) is 0 Å². The van der Waals surface area contributed by atoms with E-state index in [1.807, 2.05) is 13.0 Å². The monoisotopic (exact) mass is 579 g/mol. The summed E-state index contributed by atoms with van der Waals surface area (Å²) in [6, 6.07) is 12.1. The van der Waals surface area contributed by atoms with Crippen LogP contribution in [0.5, 0.6) is 5.75 Å². The first-order valence-corrected chi connectivity index (χ1v) is 15.9. The van der Waals surface area contributed by atoms with Crippen LogP contribution in [0.1, 0.15) is 114 Å². The lowest BCUT2D eigenvalue weighted by molar-refractivity contribution is -0.144. The molecule has 0 aliphatic heterocycles. The molecule has 0 bridgehead atoms. The van der Waals surface area contributed by atoms with Gasteiger partial charge in [-0.3, -0.25) is 4.79 Å². The minimum absolute atomic E-state index is 0.0229. The molecule has 42 heavy (non-hydrogen) atoms. The molecule has 3 N–H and O–H groups in total. The van der Waals surface area contributed by atoms with Crippen LogP contribution in [0.2, 0.25) is 0 Å². The van der Waals surface area contributed by atoms with Crippen molar-refractivity contribution < 1.29 is 24.5 Å². The summed E-state index contributed by atoms with van der Waals surface area (Å²) < 4.78 is 5.89. The summed E-state index contributed by atoms with van der Waals surface area (Å²) in [7, 11) is 0. The van der Waals surface area contributed by atoms with E-state index in [1.54, 1.807) is 0 Å². The summed E-state index contributed by atoms with van der Waals surface area (Å²) >= 11 is 0. The maximum atomic E-state index is 12.7. The smallest absolute Gasteiger partial charge is 0.326 e. The van der Waals surface area contributed by atoms with E-state index in [2.05, 4.69) is 77.2 Å². The number of hydrogen-bond donors (Lipinski definition) is 3. The molecule has 2 aromatic rings. The molecule has 0 radical (unpaired) electrons. The molecule has 232 valence electrons. The van der Waals surface area contributed by atoms with Crippen LogP contribution in [-0.2, 0) is 21.4 Å². The molecule has 1 amide bonds. The normalized spacial score (nSPS) is 16.1. The predicted molar refractivity (Wildman–Crippen MR) is 169 cm³/mol. The lowest BCUT2D eigenvalue weighted by Gasteiger charge is -2.34. The Balaban J connectivity index is 1.72. The lowest BCUT2D eigenvalue weighted by Crippen LogP contribution is -2.48. The highest BCUT2D eigenvalue weighted by atomic mass is 16.5. The fraction of sp³-hybridized carbons (Fsp3) is 0.611. The van der Waals surface area contributed by atoms with Gasteiger partial charge in [0.25, 0.3) is 5.91 Å². The number of benzene rings is 2. The number of carboxylic acids is 1. The van der Waals surface area contributed by atoms with Gasteiger partial charge >= 0.3 is 5.97 Å². The van der Waals surface area contributed by atoms with Crippen LogP contribution in [0.3, 0.4) is 0 Å². The van der Waals surface area contributed by atoms with Gasteiger partial charge in [0.15, 0.2) is 6.61 Å². The highest BCUT2D eigenvalue weighted by Gasteiger charge is 2.33. The van der Waals surface area contributed by atoms with Crippen LogP contribution in [0.25, 0.3) is 0 Å². The molecule has 1 unspecified atom stereocenters. The van der Waals surface area contributed by atoms with Gasteiger partial charge in [-0.1, -0.05) is 84.2 Å². The quantitative estimate of drug-likeness (QED) is 0.232. The van der Waals surface area contributed by atoms with Crippen LogP contribution in [-0.4, -0.2) is 40.8 Å². The molecule has 0 aromatic heterocycles. The minimum Gasteiger partial charge on any atom is -0.484 e. The third-order valence-corrected chi connectivity index (χ3v) is 9.58. The molecule has 2 atom stereocenters. The first kappa shape index (κ1) is 33.6. The van der Waals surface area contributed by atoms with Crippen molar-refractivity contribution in [3.8, 4) is 5.75 Å². The molecule has 1 aliphatic carbocycles. The van der Waals surface area contributed by atoms with Crippen LogP contribution < -0.4 is 10.1 Å². The lowest BCUT2D eigenvalue weighted by atomic mass is 9.69. The van der Waals surface area contributed by atoms with Crippen molar-refractivity contribution in [2.75, 3.05) is 6.61 Å². The number of carbonyl (C=O) groups is 2. The molecule has 6 nitrogen and oxygen atoms in total. The predicted octanol–water partition coefficient (Wildman–Crippen LogP) is 7.28. The van der Waals surface area contributed by atoms with E-state index in [0.717, 1.165) is 63.4 Å².